The summed E-state index contributed by atoms with van der Waals surface area (Å²) in [5.41, 5.74) is 2.25. The monoisotopic (exact) mass is 295 g/mol. The van der Waals surface area contributed by atoms with E-state index in [9.17, 15) is 4.79 Å². The average molecular weight is 295 g/mol. The minimum atomic E-state index is -0.105. The molecular weight excluding hydrogens is 274 g/mol. The van der Waals surface area contributed by atoms with Crippen LogP contribution in [0.5, 0.6) is 0 Å². The van der Waals surface area contributed by atoms with Crippen LogP contribution in [0, 0.1) is 0 Å². The number of hydrogen-bond acceptors (Lipinski definition) is 3. The van der Waals surface area contributed by atoms with Gasteiger partial charge in [-0.2, -0.15) is 0 Å². The van der Waals surface area contributed by atoms with Gasteiger partial charge in [-0.05, 0) is 44.2 Å². The summed E-state index contributed by atoms with van der Waals surface area (Å²) in [5.74, 6) is 0.419. The molecule has 4 nitrogen and oxygen atoms in total. The van der Waals surface area contributed by atoms with Gasteiger partial charge in [0.15, 0.2) is 5.82 Å². The Bertz CT molecular complexity index is 704. The molecule has 3 rings (SSSR count). The van der Waals surface area contributed by atoms with Gasteiger partial charge in [0.2, 0.25) is 0 Å². The summed E-state index contributed by atoms with van der Waals surface area (Å²) in [6, 6.07) is 9.61. The summed E-state index contributed by atoms with van der Waals surface area (Å²) < 4.78 is 1.62. The zero-order valence-corrected chi connectivity index (χ0v) is 12.7. The van der Waals surface area contributed by atoms with E-state index >= 15 is 0 Å². The Morgan fingerprint density at radius 1 is 1.18 bits per heavy atom. The lowest BCUT2D eigenvalue weighted by Gasteiger charge is -2.13. The van der Waals surface area contributed by atoms with Gasteiger partial charge in [0.05, 0.1) is 0 Å². The molecule has 22 heavy (non-hydrogen) atoms. The first-order chi connectivity index (χ1) is 10.8. The SMILES string of the molecule is O=c1c(NCCC2=CCCCC2)nccn1-c1ccccc1. The zero-order valence-electron chi connectivity index (χ0n) is 12.7. The first-order valence-corrected chi connectivity index (χ1v) is 7.89. The number of benzene rings is 1. The summed E-state index contributed by atoms with van der Waals surface area (Å²) in [7, 11) is 0. The lowest BCUT2D eigenvalue weighted by atomic mass is 9.97. The third-order valence-corrected chi connectivity index (χ3v) is 4.00. The van der Waals surface area contributed by atoms with Crippen LogP contribution >= 0.6 is 0 Å². The molecule has 1 aromatic heterocycles. The Balaban J connectivity index is 1.69. The zero-order chi connectivity index (χ0) is 15.2. The molecule has 0 saturated heterocycles. The van der Waals surface area contributed by atoms with Crippen molar-refractivity contribution in [2.75, 3.05) is 11.9 Å². The van der Waals surface area contributed by atoms with Gasteiger partial charge in [-0.1, -0.05) is 29.8 Å². The molecule has 0 radical (unpaired) electrons. The highest BCUT2D eigenvalue weighted by Gasteiger charge is 2.07. The summed E-state index contributed by atoms with van der Waals surface area (Å²) in [4.78, 5) is 16.7. The third kappa shape index (κ3) is 3.45. The van der Waals surface area contributed by atoms with E-state index in [0.29, 0.717) is 5.82 Å². The van der Waals surface area contributed by atoms with Gasteiger partial charge in [0.1, 0.15) is 0 Å². The molecule has 1 heterocycles. The molecule has 4 heteroatoms. The van der Waals surface area contributed by atoms with Crippen molar-refractivity contribution in [3.05, 3.63) is 64.7 Å². The fraction of sp³-hybridized carbons (Fsp3) is 0.333. The van der Waals surface area contributed by atoms with Crippen molar-refractivity contribution in [2.24, 2.45) is 0 Å². The number of anilines is 1. The molecule has 2 aromatic rings. The standard InChI is InChI=1S/C18H21N3O/c22-18-17(19-12-11-15-7-3-1-4-8-15)20-13-14-21(18)16-9-5-2-6-10-16/h2,5-7,9-10,13-14H,1,3-4,8,11-12H2,(H,19,20). The van der Waals surface area contributed by atoms with Gasteiger partial charge >= 0.3 is 0 Å². The number of para-hydroxylation sites is 1. The summed E-state index contributed by atoms with van der Waals surface area (Å²) in [6.07, 6.45) is 11.7. The number of allylic oxidation sites excluding steroid dienone is 1. The van der Waals surface area contributed by atoms with Crippen molar-refractivity contribution in [1.29, 1.82) is 0 Å². The van der Waals surface area contributed by atoms with Gasteiger partial charge in [-0.3, -0.25) is 9.36 Å². The highest BCUT2D eigenvalue weighted by molar-refractivity contribution is 5.38. The highest BCUT2D eigenvalue weighted by Crippen LogP contribution is 2.19. The molecule has 0 aliphatic heterocycles. The van der Waals surface area contributed by atoms with Crippen LogP contribution in [0.4, 0.5) is 5.82 Å². The number of rotatable bonds is 5. The van der Waals surface area contributed by atoms with E-state index in [2.05, 4.69) is 16.4 Å². The van der Waals surface area contributed by atoms with Crippen molar-refractivity contribution in [3.8, 4) is 5.69 Å². The van der Waals surface area contributed by atoms with Crippen LogP contribution in [0.15, 0.2) is 59.2 Å². The van der Waals surface area contributed by atoms with Crippen LogP contribution in [0.3, 0.4) is 0 Å². The highest BCUT2D eigenvalue weighted by atomic mass is 16.1. The molecule has 0 atom stereocenters. The van der Waals surface area contributed by atoms with E-state index in [-0.39, 0.29) is 5.56 Å². The second-order valence-corrected chi connectivity index (χ2v) is 5.57. The molecule has 1 aliphatic carbocycles. The van der Waals surface area contributed by atoms with E-state index in [0.717, 1.165) is 18.7 Å². The van der Waals surface area contributed by atoms with Crippen molar-refractivity contribution >= 4 is 5.82 Å². The van der Waals surface area contributed by atoms with Crippen molar-refractivity contribution in [1.82, 2.24) is 9.55 Å². The Morgan fingerprint density at radius 2 is 2.05 bits per heavy atom. The predicted molar refractivity (Wildman–Crippen MR) is 89.5 cm³/mol. The molecule has 0 fully saturated rings. The Labute approximate surface area is 130 Å². The largest absolute Gasteiger partial charge is 0.365 e. The molecule has 114 valence electrons. The van der Waals surface area contributed by atoms with Gasteiger partial charge in [0, 0.05) is 24.6 Å². The first kappa shape index (κ1) is 14.6. The maximum Gasteiger partial charge on any atom is 0.297 e. The minimum absolute atomic E-state index is 0.105. The number of hydrogen-bond donors (Lipinski definition) is 1. The fourth-order valence-electron chi connectivity index (χ4n) is 2.80. The molecule has 1 aromatic carbocycles. The smallest absolute Gasteiger partial charge is 0.297 e. The second kappa shape index (κ2) is 7.07. The second-order valence-electron chi connectivity index (χ2n) is 5.57. The van der Waals surface area contributed by atoms with Crippen LogP contribution in [-0.4, -0.2) is 16.1 Å². The Morgan fingerprint density at radius 3 is 2.82 bits per heavy atom. The number of nitrogens with one attached hydrogen (secondary N) is 1. The quantitative estimate of drug-likeness (QED) is 0.858. The van der Waals surface area contributed by atoms with E-state index in [1.807, 2.05) is 30.3 Å². The molecule has 1 N–H and O–H groups in total. The van der Waals surface area contributed by atoms with Crippen LogP contribution in [0.25, 0.3) is 5.69 Å². The topological polar surface area (TPSA) is 46.9 Å². The van der Waals surface area contributed by atoms with Gasteiger partial charge in [0.25, 0.3) is 5.56 Å². The van der Waals surface area contributed by atoms with Crippen LogP contribution < -0.4 is 10.9 Å². The van der Waals surface area contributed by atoms with E-state index < -0.39 is 0 Å². The maximum atomic E-state index is 12.5. The van der Waals surface area contributed by atoms with Crippen molar-refractivity contribution in [2.45, 2.75) is 32.1 Å². The fourth-order valence-corrected chi connectivity index (χ4v) is 2.80. The molecule has 0 saturated carbocycles. The molecule has 1 aliphatic rings. The lowest BCUT2D eigenvalue weighted by Crippen LogP contribution is -2.23. The predicted octanol–water partition coefficient (Wildman–Crippen LogP) is 3.53. The van der Waals surface area contributed by atoms with Gasteiger partial charge in [-0.15, -0.1) is 0 Å². The first-order valence-electron chi connectivity index (χ1n) is 7.89. The molecule has 0 unspecified atom stereocenters. The summed E-state index contributed by atoms with van der Waals surface area (Å²) in [6.45, 7) is 0.757. The molecular formula is C18H21N3O. The van der Waals surface area contributed by atoms with E-state index in [1.165, 1.54) is 31.3 Å². The Hall–Kier alpha value is -2.36. The van der Waals surface area contributed by atoms with Crippen LogP contribution in [0.1, 0.15) is 32.1 Å². The van der Waals surface area contributed by atoms with E-state index in [4.69, 9.17) is 0 Å². The van der Waals surface area contributed by atoms with Crippen molar-refractivity contribution in [3.63, 3.8) is 0 Å². The average Bonchev–Trinajstić information content (AvgIpc) is 2.58. The summed E-state index contributed by atoms with van der Waals surface area (Å²) in [5, 5.41) is 3.19. The maximum absolute atomic E-state index is 12.5. The summed E-state index contributed by atoms with van der Waals surface area (Å²) >= 11 is 0. The van der Waals surface area contributed by atoms with Crippen LogP contribution in [0.2, 0.25) is 0 Å². The van der Waals surface area contributed by atoms with Gasteiger partial charge < -0.3 is 5.32 Å². The van der Waals surface area contributed by atoms with Gasteiger partial charge in [-0.25, -0.2) is 4.98 Å². The number of nitrogens with zero attached hydrogens (tertiary/aromatic N) is 2. The molecule has 0 bridgehead atoms. The third-order valence-electron chi connectivity index (χ3n) is 4.00. The van der Waals surface area contributed by atoms with E-state index in [1.54, 1.807) is 17.0 Å². The lowest BCUT2D eigenvalue weighted by molar-refractivity contribution is 0.679. The van der Waals surface area contributed by atoms with Crippen molar-refractivity contribution < 1.29 is 0 Å². The normalized spacial score (nSPS) is 14.5. The Kier molecular flexibility index (Phi) is 4.68. The molecule has 0 amide bonds. The molecule has 0 spiro atoms. The minimum Gasteiger partial charge on any atom is -0.365 e. The number of aromatic nitrogens is 2. The van der Waals surface area contributed by atoms with Crippen LogP contribution in [-0.2, 0) is 0 Å².